The average molecular weight is 399 g/mol. The summed E-state index contributed by atoms with van der Waals surface area (Å²) in [6, 6.07) is 18.3. The van der Waals surface area contributed by atoms with E-state index in [1.165, 1.54) is 0 Å². The topological polar surface area (TPSA) is 52.5 Å². The van der Waals surface area contributed by atoms with Crippen LogP contribution in [0.25, 0.3) is 0 Å². The first-order valence-corrected chi connectivity index (χ1v) is 10.2. The van der Waals surface area contributed by atoms with Gasteiger partial charge in [0, 0.05) is 25.0 Å². The Kier molecular flexibility index (Phi) is 9.67. The molecule has 6 heteroatoms. The van der Waals surface area contributed by atoms with Crippen molar-refractivity contribution in [3.05, 3.63) is 60.2 Å². The van der Waals surface area contributed by atoms with Gasteiger partial charge in [-0.3, -0.25) is 4.99 Å². The molecule has 0 N–H and O–H groups in total. The van der Waals surface area contributed by atoms with E-state index in [0.29, 0.717) is 52.9 Å². The Balaban J connectivity index is 1.56. The molecule has 1 fully saturated rings. The molecule has 1 aliphatic rings. The zero-order chi connectivity index (χ0) is 20.0. The van der Waals surface area contributed by atoms with Crippen molar-refractivity contribution in [2.45, 2.75) is 0 Å². The van der Waals surface area contributed by atoms with Crippen LogP contribution in [0, 0.1) is 0 Å². The van der Waals surface area contributed by atoms with E-state index in [4.69, 9.17) is 18.9 Å². The molecular formula is C23H30N2O4. The molecular weight excluding hydrogens is 368 g/mol. The summed E-state index contributed by atoms with van der Waals surface area (Å²) < 4.78 is 22.4. The summed E-state index contributed by atoms with van der Waals surface area (Å²) in [7, 11) is 0. The lowest BCUT2D eigenvalue weighted by Crippen LogP contribution is -2.31. The van der Waals surface area contributed by atoms with Gasteiger partial charge in [0.1, 0.15) is 0 Å². The Morgan fingerprint density at radius 3 is 1.69 bits per heavy atom. The monoisotopic (exact) mass is 398 g/mol. The first-order chi connectivity index (χ1) is 14.4. The van der Waals surface area contributed by atoms with Gasteiger partial charge in [0.25, 0.3) is 0 Å². The highest BCUT2D eigenvalue weighted by molar-refractivity contribution is 5.82. The van der Waals surface area contributed by atoms with Crippen LogP contribution in [0.1, 0.15) is 5.56 Å². The van der Waals surface area contributed by atoms with Crippen molar-refractivity contribution in [1.82, 2.24) is 0 Å². The molecule has 29 heavy (non-hydrogen) atoms. The maximum atomic E-state index is 5.70. The minimum atomic E-state index is 0.593. The first-order valence-electron chi connectivity index (χ1n) is 10.2. The van der Waals surface area contributed by atoms with Gasteiger partial charge < -0.3 is 23.8 Å². The molecule has 156 valence electrons. The number of rotatable bonds is 3. The molecule has 0 atom stereocenters. The van der Waals surface area contributed by atoms with Gasteiger partial charge in [0.15, 0.2) is 0 Å². The van der Waals surface area contributed by atoms with Crippen molar-refractivity contribution in [2.24, 2.45) is 4.99 Å². The van der Waals surface area contributed by atoms with Crippen molar-refractivity contribution < 1.29 is 18.9 Å². The summed E-state index contributed by atoms with van der Waals surface area (Å²) in [5.74, 6) is 0. The van der Waals surface area contributed by atoms with Crippen LogP contribution in [0.4, 0.5) is 11.4 Å². The number of nitrogens with zero attached hydrogens (tertiary/aromatic N) is 2. The highest BCUT2D eigenvalue weighted by Crippen LogP contribution is 2.16. The maximum Gasteiger partial charge on any atom is 0.0701 e. The molecule has 0 radical (unpaired) electrons. The van der Waals surface area contributed by atoms with Gasteiger partial charge in [-0.25, -0.2) is 0 Å². The van der Waals surface area contributed by atoms with Gasteiger partial charge in [0.2, 0.25) is 0 Å². The van der Waals surface area contributed by atoms with E-state index in [0.717, 1.165) is 30.0 Å². The van der Waals surface area contributed by atoms with E-state index >= 15 is 0 Å². The molecule has 0 spiro atoms. The number of hydrogen-bond donors (Lipinski definition) is 0. The average Bonchev–Trinajstić information content (AvgIpc) is 2.78. The van der Waals surface area contributed by atoms with Crippen molar-refractivity contribution in [1.29, 1.82) is 0 Å². The second kappa shape index (κ2) is 13.1. The van der Waals surface area contributed by atoms with Gasteiger partial charge in [-0.2, -0.15) is 0 Å². The molecule has 0 amide bonds. The first kappa shape index (κ1) is 21.5. The quantitative estimate of drug-likeness (QED) is 0.743. The highest BCUT2D eigenvalue weighted by atomic mass is 16.6. The molecule has 2 aromatic carbocycles. The van der Waals surface area contributed by atoms with E-state index in [-0.39, 0.29) is 0 Å². The Bertz CT molecular complexity index is 691. The van der Waals surface area contributed by atoms with Gasteiger partial charge in [-0.1, -0.05) is 30.3 Å². The summed E-state index contributed by atoms with van der Waals surface area (Å²) in [5, 5.41) is 0. The third-order valence-electron chi connectivity index (χ3n) is 4.50. The van der Waals surface area contributed by atoms with Gasteiger partial charge >= 0.3 is 0 Å². The SMILES string of the molecule is C(=Nc1ccccc1)c1ccc(N2CCOCCOCCOCCOCC2)cc1. The lowest BCUT2D eigenvalue weighted by molar-refractivity contribution is 0.00206. The number of aliphatic imine (C=N–C) groups is 1. The third-order valence-corrected chi connectivity index (χ3v) is 4.50. The fraction of sp³-hybridized carbons (Fsp3) is 0.435. The second-order valence-corrected chi connectivity index (χ2v) is 6.62. The molecule has 0 aliphatic carbocycles. The maximum absolute atomic E-state index is 5.70. The van der Waals surface area contributed by atoms with Gasteiger partial charge in [-0.15, -0.1) is 0 Å². The molecule has 2 aromatic rings. The van der Waals surface area contributed by atoms with E-state index < -0.39 is 0 Å². The van der Waals surface area contributed by atoms with Crippen molar-refractivity contribution >= 4 is 17.6 Å². The summed E-state index contributed by atoms with van der Waals surface area (Å²) >= 11 is 0. The second-order valence-electron chi connectivity index (χ2n) is 6.62. The number of hydrogen-bond acceptors (Lipinski definition) is 6. The van der Waals surface area contributed by atoms with E-state index in [1.807, 2.05) is 36.5 Å². The number of anilines is 1. The van der Waals surface area contributed by atoms with Crippen molar-refractivity contribution in [3.63, 3.8) is 0 Å². The minimum absolute atomic E-state index is 0.593. The van der Waals surface area contributed by atoms with E-state index in [9.17, 15) is 0 Å². The van der Waals surface area contributed by atoms with Crippen LogP contribution in [0.3, 0.4) is 0 Å². The number of para-hydroxylation sites is 1. The summed E-state index contributed by atoms with van der Waals surface area (Å²) in [6.07, 6.45) is 1.89. The summed E-state index contributed by atoms with van der Waals surface area (Å²) in [6.45, 7) is 6.47. The highest BCUT2D eigenvalue weighted by Gasteiger charge is 2.07. The molecule has 1 aliphatic heterocycles. The van der Waals surface area contributed by atoms with Crippen molar-refractivity contribution in [2.75, 3.05) is 70.8 Å². The Morgan fingerprint density at radius 2 is 1.14 bits per heavy atom. The van der Waals surface area contributed by atoms with Crippen LogP contribution < -0.4 is 4.90 Å². The van der Waals surface area contributed by atoms with Crippen LogP contribution in [0.15, 0.2) is 59.6 Å². The van der Waals surface area contributed by atoms with Crippen LogP contribution in [0.2, 0.25) is 0 Å². The molecule has 0 bridgehead atoms. The van der Waals surface area contributed by atoms with Crippen LogP contribution in [-0.4, -0.2) is 72.2 Å². The van der Waals surface area contributed by atoms with Crippen LogP contribution in [0.5, 0.6) is 0 Å². The molecule has 3 rings (SSSR count). The number of benzene rings is 2. The Morgan fingerprint density at radius 1 is 0.621 bits per heavy atom. The van der Waals surface area contributed by atoms with Crippen LogP contribution >= 0.6 is 0 Å². The predicted octanol–water partition coefficient (Wildman–Crippen LogP) is 3.32. The predicted molar refractivity (Wildman–Crippen MR) is 116 cm³/mol. The zero-order valence-corrected chi connectivity index (χ0v) is 16.9. The molecule has 1 heterocycles. The Hall–Kier alpha value is -2.25. The lowest BCUT2D eigenvalue weighted by Gasteiger charge is -2.25. The third kappa shape index (κ3) is 8.33. The van der Waals surface area contributed by atoms with Gasteiger partial charge in [-0.05, 0) is 29.8 Å². The fourth-order valence-corrected chi connectivity index (χ4v) is 2.92. The molecule has 1 saturated heterocycles. The lowest BCUT2D eigenvalue weighted by atomic mass is 10.2. The molecule has 0 unspecified atom stereocenters. The van der Waals surface area contributed by atoms with Crippen LogP contribution in [-0.2, 0) is 18.9 Å². The van der Waals surface area contributed by atoms with E-state index in [1.54, 1.807) is 0 Å². The minimum Gasteiger partial charge on any atom is -0.377 e. The molecule has 0 aromatic heterocycles. The largest absolute Gasteiger partial charge is 0.377 e. The summed E-state index contributed by atoms with van der Waals surface area (Å²) in [5.41, 5.74) is 3.16. The smallest absolute Gasteiger partial charge is 0.0701 e. The molecule has 6 nitrogen and oxygen atoms in total. The normalized spacial score (nSPS) is 18.3. The van der Waals surface area contributed by atoms with Gasteiger partial charge in [0.05, 0.1) is 58.5 Å². The van der Waals surface area contributed by atoms with Crippen molar-refractivity contribution in [3.8, 4) is 0 Å². The standard InChI is InChI=1S/C23H30N2O4/c1-2-4-22(5-3-1)24-20-21-6-8-23(9-7-21)25-10-12-26-14-16-28-18-19-29-17-15-27-13-11-25/h1-9,20H,10-19H2. The van der Waals surface area contributed by atoms with E-state index in [2.05, 4.69) is 34.2 Å². The Labute approximate surface area is 173 Å². The number of ether oxygens (including phenoxy) is 4. The molecule has 0 saturated carbocycles. The fourth-order valence-electron chi connectivity index (χ4n) is 2.92. The summed E-state index contributed by atoms with van der Waals surface area (Å²) in [4.78, 5) is 6.79. The zero-order valence-electron chi connectivity index (χ0n) is 16.9.